The third-order valence-corrected chi connectivity index (χ3v) is 5.23. The van der Waals surface area contributed by atoms with Crippen LogP contribution in [0.1, 0.15) is 11.5 Å². The zero-order valence-corrected chi connectivity index (χ0v) is 15.9. The molecule has 3 N–H and O–H groups in total. The van der Waals surface area contributed by atoms with Crippen LogP contribution in [-0.4, -0.2) is 84.3 Å². The number of ether oxygens (including phenoxy) is 5. The van der Waals surface area contributed by atoms with Gasteiger partial charge in [0.1, 0.15) is 6.10 Å². The van der Waals surface area contributed by atoms with Gasteiger partial charge in [0.2, 0.25) is 23.7 Å². The minimum absolute atomic E-state index is 0.0229. The molecule has 0 aromatic heterocycles. The van der Waals surface area contributed by atoms with Crippen LogP contribution in [0.5, 0.6) is 17.2 Å². The maximum atomic E-state index is 12.6. The van der Waals surface area contributed by atoms with Crippen LogP contribution in [0.4, 0.5) is 0 Å². The SMILES string of the molecule is COc1cc(C(C[N+](=O)[O-])[C@@]2(O)C(=O)O[C@@H]3[C@@H](O)CO[C@@]32O)cc(OC)c1OC. The number of nitro groups is 1. The maximum absolute atomic E-state index is 12.6. The van der Waals surface area contributed by atoms with E-state index in [0.717, 1.165) is 0 Å². The van der Waals surface area contributed by atoms with Gasteiger partial charge in [-0.15, -0.1) is 0 Å². The van der Waals surface area contributed by atoms with Crippen LogP contribution >= 0.6 is 0 Å². The first kappa shape index (κ1) is 21.0. The summed E-state index contributed by atoms with van der Waals surface area (Å²) < 4.78 is 25.7. The number of carbonyl (C=O) groups excluding carboxylic acids is 1. The van der Waals surface area contributed by atoms with Crippen LogP contribution in [0.2, 0.25) is 0 Å². The summed E-state index contributed by atoms with van der Waals surface area (Å²) in [5, 5.41) is 43.4. The molecule has 0 spiro atoms. The van der Waals surface area contributed by atoms with Crippen molar-refractivity contribution in [3.05, 3.63) is 27.8 Å². The highest BCUT2D eigenvalue weighted by Gasteiger charge is 2.76. The van der Waals surface area contributed by atoms with Gasteiger partial charge in [-0.25, -0.2) is 4.79 Å². The fourth-order valence-corrected chi connectivity index (χ4v) is 3.80. The number of nitrogens with zero attached hydrogens (tertiary/aromatic N) is 1. The van der Waals surface area contributed by atoms with E-state index in [0.29, 0.717) is 0 Å². The molecule has 2 aliphatic rings. The van der Waals surface area contributed by atoms with E-state index < -0.39 is 53.6 Å². The molecular weight excluding hydrogens is 394 g/mol. The molecule has 0 bridgehead atoms. The molecule has 2 saturated heterocycles. The summed E-state index contributed by atoms with van der Waals surface area (Å²) >= 11 is 0. The van der Waals surface area contributed by atoms with Crippen molar-refractivity contribution in [1.82, 2.24) is 0 Å². The Bertz CT molecular complexity index is 805. The Balaban J connectivity index is 2.19. The molecule has 1 unspecified atom stereocenters. The van der Waals surface area contributed by atoms with Gasteiger partial charge in [-0.2, -0.15) is 0 Å². The first-order chi connectivity index (χ1) is 13.6. The Hall–Kier alpha value is -2.67. The molecule has 160 valence electrons. The molecular formula is C17H21NO11. The molecule has 29 heavy (non-hydrogen) atoms. The fraction of sp³-hybridized carbons (Fsp3) is 0.588. The van der Waals surface area contributed by atoms with Crippen molar-refractivity contribution >= 4 is 5.97 Å². The van der Waals surface area contributed by atoms with E-state index in [9.17, 15) is 30.2 Å². The predicted molar refractivity (Wildman–Crippen MR) is 92.4 cm³/mol. The van der Waals surface area contributed by atoms with E-state index >= 15 is 0 Å². The lowest BCUT2D eigenvalue weighted by Gasteiger charge is -2.36. The van der Waals surface area contributed by atoms with Crippen LogP contribution in [0, 0.1) is 10.1 Å². The molecule has 5 atom stereocenters. The number of hydrogen-bond acceptors (Lipinski definition) is 11. The molecule has 0 aliphatic carbocycles. The Kier molecular flexibility index (Phi) is 5.30. The summed E-state index contributed by atoms with van der Waals surface area (Å²) in [5.74, 6) is -5.28. The van der Waals surface area contributed by atoms with Crippen LogP contribution in [0.3, 0.4) is 0 Å². The van der Waals surface area contributed by atoms with Gasteiger partial charge in [-0.05, 0) is 17.7 Å². The van der Waals surface area contributed by atoms with Crippen molar-refractivity contribution in [3.63, 3.8) is 0 Å². The number of rotatable bonds is 7. The van der Waals surface area contributed by atoms with E-state index in [1.807, 2.05) is 0 Å². The summed E-state index contributed by atoms with van der Waals surface area (Å²) in [6.07, 6.45) is -3.01. The third-order valence-electron chi connectivity index (χ3n) is 5.23. The average molecular weight is 415 g/mol. The molecule has 2 aliphatic heterocycles. The number of aliphatic hydroxyl groups excluding tert-OH is 1. The highest BCUT2D eigenvalue weighted by Crippen LogP contribution is 2.51. The quantitative estimate of drug-likeness (QED) is 0.278. The number of benzene rings is 1. The van der Waals surface area contributed by atoms with Gasteiger partial charge in [0.25, 0.3) is 0 Å². The fourth-order valence-electron chi connectivity index (χ4n) is 3.80. The largest absolute Gasteiger partial charge is 0.493 e. The van der Waals surface area contributed by atoms with E-state index in [2.05, 4.69) is 0 Å². The van der Waals surface area contributed by atoms with Crippen molar-refractivity contribution in [3.8, 4) is 17.2 Å². The first-order valence-corrected chi connectivity index (χ1v) is 8.53. The summed E-state index contributed by atoms with van der Waals surface area (Å²) in [6, 6.07) is 2.62. The van der Waals surface area contributed by atoms with E-state index in [-0.39, 0.29) is 22.8 Å². The van der Waals surface area contributed by atoms with Crippen LogP contribution in [-0.2, 0) is 14.3 Å². The second-order valence-corrected chi connectivity index (χ2v) is 6.69. The highest BCUT2D eigenvalue weighted by atomic mass is 16.7. The van der Waals surface area contributed by atoms with E-state index in [1.54, 1.807) is 0 Å². The van der Waals surface area contributed by atoms with E-state index in [4.69, 9.17) is 23.7 Å². The Morgan fingerprint density at radius 2 is 1.83 bits per heavy atom. The molecule has 3 rings (SSSR count). The summed E-state index contributed by atoms with van der Waals surface area (Å²) in [4.78, 5) is 23.2. The molecule has 12 heteroatoms. The maximum Gasteiger partial charge on any atom is 0.345 e. The van der Waals surface area contributed by atoms with E-state index in [1.165, 1.54) is 33.5 Å². The van der Waals surface area contributed by atoms with Gasteiger partial charge in [0.05, 0.1) is 33.9 Å². The van der Waals surface area contributed by atoms with Gasteiger partial charge in [-0.3, -0.25) is 10.1 Å². The lowest BCUT2D eigenvalue weighted by atomic mass is 9.75. The number of aliphatic hydroxyl groups is 3. The molecule has 2 fully saturated rings. The van der Waals surface area contributed by atoms with Crippen LogP contribution < -0.4 is 14.2 Å². The molecule has 2 heterocycles. The minimum Gasteiger partial charge on any atom is -0.493 e. The predicted octanol–water partition coefficient (Wildman–Crippen LogP) is -1.19. The topological polar surface area (TPSA) is 167 Å². The summed E-state index contributed by atoms with van der Waals surface area (Å²) in [7, 11) is 4.00. The van der Waals surface area contributed by atoms with Crippen molar-refractivity contribution in [1.29, 1.82) is 0 Å². The van der Waals surface area contributed by atoms with Gasteiger partial charge < -0.3 is 39.0 Å². The van der Waals surface area contributed by atoms with Crippen molar-refractivity contribution in [2.75, 3.05) is 34.5 Å². The van der Waals surface area contributed by atoms with Crippen LogP contribution in [0.15, 0.2) is 12.1 Å². The van der Waals surface area contributed by atoms with Gasteiger partial charge in [-0.1, -0.05) is 0 Å². The normalized spacial score (nSPS) is 31.7. The molecule has 1 aromatic rings. The number of hydrogen-bond donors (Lipinski definition) is 3. The molecule has 0 saturated carbocycles. The lowest BCUT2D eigenvalue weighted by Crippen LogP contribution is -2.62. The monoisotopic (exact) mass is 415 g/mol. The Morgan fingerprint density at radius 1 is 1.24 bits per heavy atom. The molecule has 0 radical (unpaired) electrons. The smallest absolute Gasteiger partial charge is 0.345 e. The zero-order chi connectivity index (χ0) is 21.6. The minimum atomic E-state index is -2.88. The van der Waals surface area contributed by atoms with Gasteiger partial charge in [0.15, 0.2) is 17.6 Å². The molecule has 1 aromatic carbocycles. The lowest BCUT2D eigenvalue weighted by molar-refractivity contribution is -0.489. The number of fused-ring (bicyclic) bond motifs is 1. The molecule has 12 nitrogen and oxygen atoms in total. The summed E-state index contributed by atoms with van der Waals surface area (Å²) in [5.41, 5.74) is -2.86. The average Bonchev–Trinajstić information content (AvgIpc) is 3.09. The van der Waals surface area contributed by atoms with Crippen LogP contribution in [0.25, 0.3) is 0 Å². The highest BCUT2D eigenvalue weighted by molar-refractivity contribution is 5.85. The summed E-state index contributed by atoms with van der Waals surface area (Å²) in [6.45, 7) is -1.41. The number of methoxy groups -OCH3 is 3. The molecule has 0 amide bonds. The zero-order valence-electron chi connectivity index (χ0n) is 15.9. The third kappa shape index (κ3) is 2.95. The van der Waals surface area contributed by atoms with Crippen molar-refractivity contribution in [2.24, 2.45) is 0 Å². The first-order valence-electron chi connectivity index (χ1n) is 8.53. The van der Waals surface area contributed by atoms with Crippen molar-refractivity contribution < 1.29 is 48.7 Å². The van der Waals surface area contributed by atoms with Gasteiger partial charge in [0, 0.05) is 4.92 Å². The van der Waals surface area contributed by atoms with Gasteiger partial charge >= 0.3 is 5.97 Å². The number of esters is 1. The second-order valence-electron chi connectivity index (χ2n) is 6.69. The Morgan fingerprint density at radius 3 is 2.31 bits per heavy atom. The second kappa shape index (κ2) is 7.30. The standard InChI is InChI=1S/C17H21NO11/c1-25-11-4-8(5-12(26-2)13(11)27-3)9(6-18(23)24)16(21)15(20)29-14-10(19)7-28-17(14,16)22/h4-5,9-10,14,19,21-22H,6-7H2,1-3H3/t9?,10-,14+,16+,17-/m0/s1. The Labute approximate surface area is 164 Å². The number of carbonyl (C=O) groups is 1. The van der Waals surface area contributed by atoms with Crippen molar-refractivity contribution in [2.45, 2.75) is 29.5 Å².